The van der Waals surface area contributed by atoms with Crippen molar-refractivity contribution in [2.24, 2.45) is 5.41 Å². The molecule has 2 heterocycles. The van der Waals surface area contributed by atoms with E-state index in [4.69, 9.17) is 0 Å². The third-order valence-corrected chi connectivity index (χ3v) is 7.60. The van der Waals surface area contributed by atoms with Crippen molar-refractivity contribution in [2.45, 2.75) is 51.7 Å². The molecular formula is C29H32N4O4. The van der Waals surface area contributed by atoms with E-state index in [2.05, 4.69) is 21.7 Å². The Morgan fingerprint density at radius 1 is 0.946 bits per heavy atom. The molecule has 0 saturated carbocycles. The van der Waals surface area contributed by atoms with E-state index in [1.54, 1.807) is 6.33 Å². The molecule has 1 aliphatic carbocycles. The predicted molar refractivity (Wildman–Crippen MR) is 139 cm³/mol. The molecule has 2 atom stereocenters. The minimum Gasteiger partial charge on any atom is -0.465 e. The van der Waals surface area contributed by atoms with E-state index in [9.17, 15) is 19.5 Å². The Bertz CT molecular complexity index is 1300. The molecule has 0 spiro atoms. The van der Waals surface area contributed by atoms with Gasteiger partial charge in [-0.2, -0.15) is 0 Å². The molecule has 2 aliphatic rings. The lowest BCUT2D eigenvalue weighted by Gasteiger charge is -2.49. The lowest BCUT2D eigenvalue weighted by atomic mass is 9.79. The summed E-state index contributed by atoms with van der Waals surface area (Å²) in [5.74, 6) is -0.357. The highest BCUT2D eigenvalue weighted by Gasteiger charge is 2.47. The fourth-order valence-corrected chi connectivity index (χ4v) is 5.98. The molecule has 1 fully saturated rings. The zero-order valence-corrected chi connectivity index (χ0v) is 21.4. The highest BCUT2D eigenvalue weighted by atomic mass is 16.4. The van der Waals surface area contributed by atoms with Crippen LogP contribution in [-0.2, 0) is 17.6 Å². The van der Waals surface area contributed by atoms with Crippen LogP contribution in [0.1, 0.15) is 48.4 Å². The molecule has 2 aromatic carbocycles. The summed E-state index contributed by atoms with van der Waals surface area (Å²) >= 11 is 0. The van der Waals surface area contributed by atoms with Gasteiger partial charge in [0, 0.05) is 24.7 Å². The third-order valence-electron chi connectivity index (χ3n) is 7.60. The van der Waals surface area contributed by atoms with E-state index in [0.29, 0.717) is 6.29 Å². The highest BCUT2D eigenvalue weighted by molar-refractivity contribution is 6.00. The number of rotatable bonds is 4. The monoisotopic (exact) mass is 500 g/mol. The number of imidazole rings is 1. The Labute approximate surface area is 216 Å². The first kappa shape index (κ1) is 24.7. The van der Waals surface area contributed by atoms with Gasteiger partial charge in [0.1, 0.15) is 12.3 Å². The fourth-order valence-electron chi connectivity index (χ4n) is 5.98. The summed E-state index contributed by atoms with van der Waals surface area (Å²) in [6, 6.07) is 16.6. The van der Waals surface area contributed by atoms with Gasteiger partial charge in [0.05, 0.1) is 18.1 Å². The van der Waals surface area contributed by atoms with Crippen LogP contribution in [0.25, 0.3) is 11.3 Å². The topological polar surface area (TPSA) is 95.7 Å². The van der Waals surface area contributed by atoms with Crippen LogP contribution in [0.3, 0.4) is 0 Å². The first-order chi connectivity index (χ1) is 17.7. The van der Waals surface area contributed by atoms with Crippen LogP contribution in [0.5, 0.6) is 0 Å². The average molecular weight is 501 g/mol. The summed E-state index contributed by atoms with van der Waals surface area (Å²) < 4.78 is 2.09. The lowest BCUT2D eigenvalue weighted by Crippen LogP contribution is -2.66. The molecule has 0 radical (unpaired) electrons. The molecule has 192 valence electrons. The molecule has 2 amide bonds. The van der Waals surface area contributed by atoms with Gasteiger partial charge in [-0.3, -0.25) is 4.79 Å². The van der Waals surface area contributed by atoms with Crippen molar-refractivity contribution in [3.63, 3.8) is 0 Å². The summed E-state index contributed by atoms with van der Waals surface area (Å²) in [6.07, 6.45) is 3.04. The van der Waals surface area contributed by atoms with Crippen molar-refractivity contribution >= 4 is 18.3 Å². The van der Waals surface area contributed by atoms with Crippen LogP contribution in [0.15, 0.2) is 60.9 Å². The van der Waals surface area contributed by atoms with Gasteiger partial charge in [0.25, 0.3) is 5.91 Å². The van der Waals surface area contributed by atoms with Gasteiger partial charge in [-0.25, -0.2) is 9.78 Å². The molecule has 1 aromatic heterocycles. The smallest absolute Gasteiger partial charge is 0.407 e. The number of hydrogen-bond acceptors (Lipinski definition) is 4. The molecular weight excluding hydrogens is 468 g/mol. The zero-order chi connectivity index (χ0) is 26.3. The number of fused-ring (bicyclic) bond motifs is 1. The summed E-state index contributed by atoms with van der Waals surface area (Å²) in [5, 5.41) is 9.81. The Morgan fingerprint density at radius 3 is 2.11 bits per heavy atom. The van der Waals surface area contributed by atoms with E-state index in [1.165, 1.54) is 20.9 Å². The number of amides is 2. The van der Waals surface area contributed by atoms with Crippen LogP contribution in [0.2, 0.25) is 0 Å². The number of carbonyl (C=O) groups excluding carboxylic acids is 2. The number of aromatic nitrogens is 2. The quantitative estimate of drug-likeness (QED) is 0.539. The Kier molecular flexibility index (Phi) is 6.35. The third kappa shape index (κ3) is 4.41. The Balaban J connectivity index is 1.55. The number of carbonyl (C=O) groups is 3. The van der Waals surface area contributed by atoms with E-state index >= 15 is 0 Å². The van der Waals surface area contributed by atoms with Gasteiger partial charge in [-0.1, -0.05) is 75.4 Å². The van der Waals surface area contributed by atoms with Crippen molar-refractivity contribution < 1.29 is 19.5 Å². The predicted octanol–water partition coefficient (Wildman–Crippen LogP) is 4.31. The molecule has 1 unspecified atom stereocenters. The molecule has 0 bridgehead atoms. The number of benzene rings is 2. The minimum atomic E-state index is -1.09. The molecule has 37 heavy (non-hydrogen) atoms. The Hall–Kier alpha value is -3.94. The van der Waals surface area contributed by atoms with Gasteiger partial charge in [-0.05, 0) is 29.4 Å². The van der Waals surface area contributed by atoms with Gasteiger partial charge in [0.15, 0.2) is 5.69 Å². The van der Waals surface area contributed by atoms with Crippen molar-refractivity contribution in [2.75, 3.05) is 13.1 Å². The van der Waals surface area contributed by atoms with E-state index in [1.807, 2.05) is 63.2 Å². The van der Waals surface area contributed by atoms with Crippen molar-refractivity contribution in [3.8, 4) is 11.3 Å². The number of carboxylic acid groups (broad SMARTS) is 1. The standard InChI is InChI=1S/C29H32N4O4/c1-29(2,3)26-23(17-34)31(13-14-32(26)28(36)37)27(35)24-25(19-9-5-4-6-10-19)33(18-30-24)22-15-20-11-7-8-12-21(20)16-22/h4-12,17-18,22-23,26H,13-16H2,1-3H3,(H,36,37)/t23-,26?/m1/s1. The molecule has 1 N–H and O–H groups in total. The van der Waals surface area contributed by atoms with Crippen LogP contribution < -0.4 is 0 Å². The summed E-state index contributed by atoms with van der Waals surface area (Å²) in [7, 11) is 0. The first-order valence-corrected chi connectivity index (χ1v) is 12.7. The number of piperazine rings is 1. The molecule has 8 nitrogen and oxygen atoms in total. The average Bonchev–Trinajstić information content (AvgIpc) is 3.51. The normalized spacial score (nSPS) is 20.1. The molecule has 3 aromatic rings. The van der Waals surface area contributed by atoms with Crippen molar-refractivity contribution in [1.29, 1.82) is 0 Å². The number of hydrogen-bond donors (Lipinski definition) is 1. The van der Waals surface area contributed by atoms with Crippen LogP contribution in [0.4, 0.5) is 4.79 Å². The minimum absolute atomic E-state index is 0.120. The molecule has 8 heteroatoms. The SMILES string of the molecule is CC(C)(C)C1[C@@H](C=O)N(C(=O)c2ncn(C3Cc4ccccc4C3)c2-c2ccccc2)CCN1C(=O)O. The van der Waals surface area contributed by atoms with Gasteiger partial charge in [0.2, 0.25) is 0 Å². The van der Waals surface area contributed by atoms with E-state index in [0.717, 1.165) is 24.1 Å². The van der Waals surface area contributed by atoms with Gasteiger partial charge in [-0.15, -0.1) is 0 Å². The summed E-state index contributed by atoms with van der Waals surface area (Å²) in [6.45, 7) is 5.92. The maximum atomic E-state index is 14.1. The lowest BCUT2D eigenvalue weighted by molar-refractivity contribution is -0.118. The second-order valence-corrected chi connectivity index (χ2v) is 11.0. The fraction of sp³-hybridized carbons (Fsp3) is 0.379. The van der Waals surface area contributed by atoms with Gasteiger partial charge < -0.3 is 24.3 Å². The number of aldehydes is 1. The van der Waals surface area contributed by atoms with Gasteiger partial charge >= 0.3 is 6.09 Å². The van der Waals surface area contributed by atoms with E-state index < -0.39 is 23.6 Å². The van der Waals surface area contributed by atoms with Crippen LogP contribution >= 0.6 is 0 Å². The van der Waals surface area contributed by atoms with Crippen molar-refractivity contribution in [1.82, 2.24) is 19.4 Å². The largest absolute Gasteiger partial charge is 0.465 e. The van der Waals surface area contributed by atoms with Crippen LogP contribution in [-0.4, -0.2) is 67.9 Å². The Morgan fingerprint density at radius 2 is 1.54 bits per heavy atom. The first-order valence-electron chi connectivity index (χ1n) is 12.7. The maximum Gasteiger partial charge on any atom is 0.407 e. The second-order valence-electron chi connectivity index (χ2n) is 11.0. The van der Waals surface area contributed by atoms with Crippen LogP contribution in [0, 0.1) is 5.41 Å². The highest BCUT2D eigenvalue weighted by Crippen LogP contribution is 2.37. The van der Waals surface area contributed by atoms with Crippen molar-refractivity contribution in [3.05, 3.63) is 77.7 Å². The zero-order valence-electron chi connectivity index (χ0n) is 21.4. The summed E-state index contributed by atoms with van der Waals surface area (Å²) in [4.78, 5) is 45.9. The maximum absolute atomic E-state index is 14.1. The molecule has 5 rings (SSSR count). The second kappa shape index (κ2) is 9.50. The summed E-state index contributed by atoms with van der Waals surface area (Å²) in [5.41, 5.74) is 3.92. The number of nitrogens with zero attached hydrogens (tertiary/aromatic N) is 4. The van der Waals surface area contributed by atoms with E-state index in [-0.39, 0.29) is 30.7 Å². The molecule has 1 saturated heterocycles. The molecule has 1 aliphatic heterocycles.